The molecule has 0 radical (unpaired) electrons. The van der Waals surface area contributed by atoms with Gasteiger partial charge in [-0.05, 0) is 68.1 Å². The molecule has 24 heavy (non-hydrogen) atoms. The number of carbonyl (C=O) groups excluding carboxylic acids is 1. The van der Waals surface area contributed by atoms with Crippen LogP contribution in [0.3, 0.4) is 0 Å². The summed E-state index contributed by atoms with van der Waals surface area (Å²) >= 11 is 3.45. The van der Waals surface area contributed by atoms with Gasteiger partial charge < -0.3 is 14.5 Å². The zero-order valence-electron chi connectivity index (χ0n) is 15.1. The number of rotatable bonds is 4. The Balaban J connectivity index is 1.99. The van der Waals surface area contributed by atoms with Crippen molar-refractivity contribution in [1.82, 2.24) is 9.88 Å². The van der Waals surface area contributed by atoms with Crippen LogP contribution in [0.4, 0.5) is 10.6 Å². The maximum atomic E-state index is 12.2. The number of hydrogen-bond acceptors (Lipinski definition) is 4. The summed E-state index contributed by atoms with van der Waals surface area (Å²) in [6.07, 6.45) is 2.74. The van der Waals surface area contributed by atoms with E-state index in [2.05, 4.69) is 38.8 Å². The van der Waals surface area contributed by atoms with Gasteiger partial charge in [-0.15, -0.1) is 0 Å². The molecule has 0 bridgehead atoms. The molecule has 1 aliphatic rings. The van der Waals surface area contributed by atoms with Gasteiger partial charge in [0.2, 0.25) is 0 Å². The third-order valence-electron chi connectivity index (χ3n) is 4.02. The van der Waals surface area contributed by atoms with E-state index in [9.17, 15) is 4.79 Å². The third-order valence-corrected chi connectivity index (χ3v) is 4.46. The number of nitrogens with zero attached hydrogens (tertiary/aromatic N) is 3. The van der Waals surface area contributed by atoms with E-state index in [1.54, 1.807) is 0 Å². The first kappa shape index (κ1) is 19.0. The lowest BCUT2D eigenvalue weighted by Gasteiger charge is -2.39. The van der Waals surface area contributed by atoms with Crippen molar-refractivity contribution in [2.24, 2.45) is 0 Å². The van der Waals surface area contributed by atoms with E-state index < -0.39 is 5.60 Å². The van der Waals surface area contributed by atoms with Crippen LogP contribution < -0.4 is 4.90 Å². The summed E-state index contributed by atoms with van der Waals surface area (Å²) in [5.41, 5.74) is -0.442. The first-order valence-corrected chi connectivity index (χ1v) is 9.46. The lowest BCUT2D eigenvalue weighted by Crippen LogP contribution is -2.48. The smallest absolute Gasteiger partial charge is 0.410 e. The molecule has 1 saturated heterocycles. The van der Waals surface area contributed by atoms with Crippen LogP contribution in [0.1, 0.15) is 47.0 Å². The zero-order valence-corrected chi connectivity index (χ0v) is 16.7. The first-order chi connectivity index (χ1) is 11.3. The van der Waals surface area contributed by atoms with E-state index in [4.69, 9.17) is 4.74 Å². The molecule has 0 N–H and O–H groups in total. The number of piperidine rings is 1. The number of aromatic nitrogens is 1. The molecule has 1 aromatic rings. The van der Waals surface area contributed by atoms with Crippen molar-refractivity contribution in [2.75, 3.05) is 24.5 Å². The molecule has 2 rings (SSSR count). The van der Waals surface area contributed by atoms with Gasteiger partial charge in [-0.1, -0.05) is 13.0 Å². The van der Waals surface area contributed by atoms with Crippen LogP contribution in [0, 0.1) is 0 Å². The van der Waals surface area contributed by atoms with Crippen molar-refractivity contribution in [3.8, 4) is 0 Å². The fourth-order valence-electron chi connectivity index (χ4n) is 2.97. The Bertz CT molecular complexity index is 551. The fraction of sp³-hybridized carbons (Fsp3) is 0.667. The molecular formula is C18H28BrN3O2. The Morgan fingerprint density at radius 2 is 2.04 bits per heavy atom. The SMILES string of the molecule is CCCN(c1cccc(Br)n1)C1CCN(C(=O)OC(C)(C)C)CC1. The minimum atomic E-state index is -0.442. The molecule has 0 saturated carbocycles. The summed E-state index contributed by atoms with van der Waals surface area (Å²) in [7, 11) is 0. The molecule has 1 aromatic heterocycles. The van der Waals surface area contributed by atoms with Crippen molar-refractivity contribution >= 4 is 27.8 Å². The summed E-state index contributed by atoms with van der Waals surface area (Å²) in [6.45, 7) is 10.3. The summed E-state index contributed by atoms with van der Waals surface area (Å²) in [5.74, 6) is 1.00. The van der Waals surface area contributed by atoms with Crippen LogP contribution in [0.2, 0.25) is 0 Å². The molecule has 2 heterocycles. The molecule has 134 valence electrons. The van der Waals surface area contributed by atoms with Crippen molar-refractivity contribution in [2.45, 2.75) is 58.6 Å². The van der Waals surface area contributed by atoms with Crippen LogP contribution in [0.25, 0.3) is 0 Å². The number of pyridine rings is 1. The van der Waals surface area contributed by atoms with Gasteiger partial charge in [-0.3, -0.25) is 0 Å². The van der Waals surface area contributed by atoms with Crippen molar-refractivity contribution in [3.05, 3.63) is 22.8 Å². The van der Waals surface area contributed by atoms with Crippen molar-refractivity contribution in [1.29, 1.82) is 0 Å². The van der Waals surface area contributed by atoms with Crippen molar-refractivity contribution in [3.63, 3.8) is 0 Å². The van der Waals surface area contributed by atoms with Gasteiger partial charge in [0.1, 0.15) is 16.0 Å². The predicted molar refractivity (Wildman–Crippen MR) is 100 cm³/mol. The summed E-state index contributed by atoms with van der Waals surface area (Å²) in [5, 5.41) is 0. The second-order valence-electron chi connectivity index (χ2n) is 7.21. The second-order valence-corrected chi connectivity index (χ2v) is 8.02. The quantitative estimate of drug-likeness (QED) is 0.703. The van der Waals surface area contributed by atoms with Gasteiger partial charge >= 0.3 is 6.09 Å². The maximum absolute atomic E-state index is 12.2. The molecule has 1 aliphatic heterocycles. The Morgan fingerprint density at radius 3 is 2.58 bits per heavy atom. The molecule has 6 heteroatoms. The number of amides is 1. The van der Waals surface area contributed by atoms with E-state index in [0.29, 0.717) is 6.04 Å². The monoisotopic (exact) mass is 397 g/mol. The predicted octanol–water partition coefficient (Wildman–Crippen LogP) is 4.46. The highest BCUT2D eigenvalue weighted by Gasteiger charge is 2.29. The van der Waals surface area contributed by atoms with Gasteiger partial charge in [0, 0.05) is 25.7 Å². The highest BCUT2D eigenvalue weighted by molar-refractivity contribution is 9.10. The van der Waals surface area contributed by atoms with E-state index in [1.165, 1.54) is 0 Å². The molecule has 0 aromatic carbocycles. The standard InChI is InChI=1S/C18H28BrN3O2/c1-5-11-22(16-8-6-7-15(19)20-16)14-9-12-21(13-10-14)17(23)24-18(2,3)4/h6-8,14H,5,9-13H2,1-4H3. The largest absolute Gasteiger partial charge is 0.444 e. The number of halogens is 1. The van der Waals surface area contributed by atoms with Gasteiger partial charge in [-0.2, -0.15) is 0 Å². The van der Waals surface area contributed by atoms with Crippen LogP contribution in [0.15, 0.2) is 22.8 Å². The molecule has 5 nitrogen and oxygen atoms in total. The molecule has 1 fully saturated rings. The minimum Gasteiger partial charge on any atom is -0.444 e. The Morgan fingerprint density at radius 1 is 1.38 bits per heavy atom. The van der Waals surface area contributed by atoms with Crippen LogP contribution >= 0.6 is 15.9 Å². The summed E-state index contributed by atoms with van der Waals surface area (Å²) in [6, 6.07) is 6.43. The Labute approximate surface area is 153 Å². The van der Waals surface area contributed by atoms with Gasteiger partial charge in [-0.25, -0.2) is 9.78 Å². The second kappa shape index (κ2) is 8.19. The fourth-order valence-corrected chi connectivity index (χ4v) is 3.30. The molecule has 0 unspecified atom stereocenters. The van der Waals surface area contributed by atoms with E-state index in [1.807, 2.05) is 37.8 Å². The summed E-state index contributed by atoms with van der Waals surface area (Å²) < 4.78 is 6.33. The summed E-state index contributed by atoms with van der Waals surface area (Å²) in [4.78, 5) is 21.0. The van der Waals surface area contributed by atoms with Crippen molar-refractivity contribution < 1.29 is 9.53 Å². The molecular weight excluding hydrogens is 370 g/mol. The molecule has 1 amide bonds. The van der Waals surface area contributed by atoms with Crippen LogP contribution in [-0.2, 0) is 4.74 Å². The number of likely N-dealkylation sites (tertiary alicyclic amines) is 1. The van der Waals surface area contributed by atoms with Gasteiger partial charge in [0.05, 0.1) is 0 Å². The molecule has 0 atom stereocenters. The van der Waals surface area contributed by atoms with Crippen LogP contribution in [0.5, 0.6) is 0 Å². The van der Waals surface area contributed by atoms with E-state index in [0.717, 1.165) is 49.3 Å². The number of hydrogen-bond donors (Lipinski definition) is 0. The lowest BCUT2D eigenvalue weighted by atomic mass is 10.0. The Hall–Kier alpha value is -1.30. The van der Waals surface area contributed by atoms with E-state index in [-0.39, 0.29) is 6.09 Å². The highest BCUT2D eigenvalue weighted by atomic mass is 79.9. The molecule has 0 spiro atoms. The normalized spacial score (nSPS) is 16.1. The zero-order chi connectivity index (χ0) is 17.7. The first-order valence-electron chi connectivity index (χ1n) is 8.67. The van der Waals surface area contributed by atoms with Gasteiger partial charge in [0.25, 0.3) is 0 Å². The average molecular weight is 398 g/mol. The number of ether oxygens (including phenoxy) is 1. The Kier molecular flexibility index (Phi) is 6.49. The van der Waals surface area contributed by atoms with Gasteiger partial charge in [0.15, 0.2) is 0 Å². The third kappa shape index (κ3) is 5.36. The minimum absolute atomic E-state index is 0.205. The number of carbonyl (C=O) groups is 1. The van der Waals surface area contributed by atoms with E-state index >= 15 is 0 Å². The van der Waals surface area contributed by atoms with Crippen LogP contribution in [-0.4, -0.2) is 47.3 Å². The topological polar surface area (TPSA) is 45.7 Å². The maximum Gasteiger partial charge on any atom is 0.410 e. The lowest BCUT2D eigenvalue weighted by molar-refractivity contribution is 0.0204. The number of anilines is 1. The molecule has 0 aliphatic carbocycles. The highest BCUT2D eigenvalue weighted by Crippen LogP contribution is 2.24. The average Bonchev–Trinajstić information content (AvgIpc) is 2.51.